The monoisotopic (exact) mass is 216 g/mol. The van der Waals surface area contributed by atoms with E-state index in [9.17, 15) is 5.21 Å². The van der Waals surface area contributed by atoms with Gasteiger partial charge < -0.3 is 4.74 Å². The number of rotatable bonds is 3. The summed E-state index contributed by atoms with van der Waals surface area (Å²) in [5.41, 5.74) is 1.81. The van der Waals surface area contributed by atoms with Gasteiger partial charge in [-0.25, -0.2) is 0 Å². The minimum atomic E-state index is 0.448. The first-order valence-corrected chi connectivity index (χ1v) is 5.15. The highest BCUT2D eigenvalue weighted by Crippen LogP contribution is 2.07. The molecule has 3 heteroatoms. The van der Waals surface area contributed by atoms with E-state index in [1.54, 1.807) is 6.07 Å². The van der Waals surface area contributed by atoms with Gasteiger partial charge in [-0.2, -0.15) is 0 Å². The highest BCUT2D eigenvalue weighted by Gasteiger charge is 2.13. The maximum absolute atomic E-state index is 9.67. The van der Waals surface area contributed by atoms with Crippen LogP contribution in [0.15, 0.2) is 48.5 Å². The van der Waals surface area contributed by atoms with Gasteiger partial charge in [0.05, 0.1) is 6.07 Å². The van der Waals surface area contributed by atoms with Crippen LogP contribution >= 0.6 is 0 Å². The molecule has 0 aliphatic heterocycles. The first-order chi connectivity index (χ1) is 7.77. The Morgan fingerprint density at radius 1 is 1.06 bits per heavy atom. The average Bonchev–Trinajstić information content (AvgIpc) is 2.32. The second-order valence-corrected chi connectivity index (χ2v) is 3.59. The van der Waals surface area contributed by atoms with Crippen molar-refractivity contribution >= 4 is 0 Å². The Balaban J connectivity index is 2.08. The van der Waals surface area contributed by atoms with Crippen LogP contribution in [0.25, 0.3) is 0 Å². The third-order valence-corrected chi connectivity index (χ3v) is 2.35. The zero-order valence-corrected chi connectivity index (χ0v) is 9.13. The van der Waals surface area contributed by atoms with Gasteiger partial charge in [-0.3, -0.25) is 5.21 Å². The third-order valence-electron chi connectivity index (χ3n) is 2.35. The predicted molar refractivity (Wildman–Crippen MR) is 59.3 cm³/mol. The van der Waals surface area contributed by atoms with Crippen molar-refractivity contribution in [1.82, 2.24) is 0 Å². The van der Waals surface area contributed by atoms with E-state index in [0.29, 0.717) is 12.5 Å². The van der Waals surface area contributed by atoms with E-state index in [0.717, 1.165) is 16.0 Å². The lowest BCUT2D eigenvalue weighted by molar-refractivity contribution is -0.910. The van der Waals surface area contributed by atoms with Crippen molar-refractivity contribution in [3.63, 3.8) is 0 Å². The molecule has 0 unspecified atom stereocenters. The van der Waals surface area contributed by atoms with Crippen LogP contribution in [0.4, 0.5) is 0 Å². The molecule has 82 valence electrons. The Morgan fingerprint density at radius 3 is 2.56 bits per heavy atom. The van der Waals surface area contributed by atoms with Crippen LogP contribution < -0.4 is 9.47 Å². The standard InChI is InChI=1S/C13H14NO2/c1-11-6-5-9-13(14(11)15)16-10-12-7-3-2-4-8-12/h2-9,15H,10H2,1H3/q+1. The molecular weight excluding hydrogens is 202 g/mol. The number of ether oxygens (including phenoxy) is 1. The van der Waals surface area contributed by atoms with Crippen molar-refractivity contribution in [2.45, 2.75) is 13.5 Å². The molecule has 3 nitrogen and oxygen atoms in total. The number of benzene rings is 1. The first kappa shape index (κ1) is 10.5. The van der Waals surface area contributed by atoms with E-state index in [2.05, 4.69) is 0 Å². The molecule has 0 spiro atoms. The maximum atomic E-state index is 9.67. The van der Waals surface area contributed by atoms with Crippen LogP contribution in [0.1, 0.15) is 11.3 Å². The topological polar surface area (TPSA) is 33.3 Å². The first-order valence-electron chi connectivity index (χ1n) is 5.15. The van der Waals surface area contributed by atoms with Crippen LogP contribution in [0, 0.1) is 6.92 Å². The SMILES string of the molecule is Cc1cccc(OCc2ccccc2)[n+]1O. The van der Waals surface area contributed by atoms with Gasteiger partial charge in [-0.15, -0.1) is 0 Å². The Bertz CT molecular complexity index is 469. The molecule has 0 aliphatic carbocycles. The van der Waals surface area contributed by atoms with E-state index >= 15 is 0 Å². The van der Waals surface area contributed by atoms with E-state index in [1.165, 1.54) is 0 Å². The van der Waals surface area contributed by atoms with Gasteiger partial charge in [0, 0.05) is 17.7 Å². The molecule has 0 aliphatic rings. The fourth-order valence-electron chi connectivity index (χ4n) is 1.43. The number of aromatic nitrogens is 1. The van der Waals surface area contributed by atoms with Gasteiger partial charge in [-0.05, 0) is 11.6 Å². The zero-order chi connectivity index (χ0) is 11.4. The summed E-state index contributed by atoms with van der Waals surface area (Å²) in [5, 5.41) is 9.67. The molecule has 0 atom stereocenters. The predicted octanol–water partition coefficient (Wildman–Crippen LogP) is 2.10. The lowest BCUT2D eigenvalue weighted by atomic mass is 10.2. The summed E-state index contributed by atoms with van der Waals surface area (Å²) < 4.78 is 6.56. The van der Waals surface area contributed by atoms with Crippen molar-refractivity contribution in [2.24, 2.45) is 0 Å². The molecule has 0 fully saturated rings. The van der Waals surface area contributed by atoms with Crippen molar-refractivity contribution in [3.8, 4) is 5.88 Å². The number of nitrogens with zero attached hydrogens (tertiary/aromatic N) is 1. The second kappa shape index (κ2) is 4.66. The summed E-state index contributed by atoms with van der Waals surface area (Å²) in [6.07, 6.45) is 0. The number of pyridine rings is 1. The molecule has 16 heavy (non-hydrogen) atoms. The summed E-state index contributed by atoms with van der Waals surface area (Å²) in [7, 11) is 0. The maximum Gasteiger partial charge on any atom is 0.417 e. The summed E-state index contributed by atoms with van der Waals surface area (Å²) >= 11 is 0. The van der Waals surface area contributed by atoms with Gasteiger partial charge in [0.2, 0.25) is 5.69 Å². The van der Waals surface area contributed by atoms with Gasteiger partial charge in [0.15, 0.2) is 0 Å². The molecule has 1 heterocycles. The average molecular weight is 216 g/mol. The Labute approximate surface area is 94.5 Å². The van der Waals surface area contributed by atoms with E-state index in [4.69, 9.17) is 4.74 Å². The largest absolute Gasteiger partial charge is 0.436 e. The van der Waals surface area contributed by atoms with Crippen molar-refractivity contribution < 1.29 is 14.7 Å². The molecule has 1 N–H and O–H groups in total. The third kappa shape index (κ3) is 2.31. The molecule has 0 saturated carbocycles. The fourth-order valence-corrected chi connectivity index (χ4v) is 1.43. The van der Waals surface area contributed by atoms with Crippen LogP contribution in [-0.4, -0.2) is 5.21 Å². The molecule has 0 saturated heterocycles. The van der Waals surface area contributed by atoms with E-state index < -0.39 is 0 Å². The van der Waals surface area contributed by atoms with Crippen molar-refractivity contribution in [2.75, 3.05) is 0 Å². The molecule has 0 amide bonds. The molecule has 1 aromatic carbocycles. The minimum Gasteiger partial charge on any atom is -0.436 e. The molecule has 1 aromatic heterocycles. The second-order valence-electron chi connectivity index (χ2n) is 3.59. The Kier molecular flexibility index (Phi) is 3.05. The van der Waals surface area contributed by atoms with Crippen LogP contribution in [-0.2, 0) is 6.61 Å². The van der Waals surface area contributed by atoms with Crippen molar-refractivity contribution in [1.29, 1.82) is 0 Å². The molecule has 0 radical (unpaired) electrons. The number of hydrogen-bond acceptors (Lipinski definition) is 2. The Hall–Kier alpha value is -2.03. The van der Waals surface area contributed by atoms with E-state index in [1.807, 2.05) is 49.4 Å². The van der Waals surface area contributed by atoms with Gasteiger partial charge in [-0.1, -0.05) is 30.3 Å². The normalized spacial score (nSPS) is 10.1. The summed E-state index contributed by atoms with van der Waals surface area (Å²) in [5.74, 6) is 0.448. The zero-order valence-electron chi connectivity index (χ0n) is 9.13. The van der Waals surface area contributed by atoms with E-state index in [-0.39, 0.29) is 0 Å². The van der Waals surface area contributed by atoms with Crippen LogP contribution in [0.2, 0.25) is 0 Å². The number of aryl methyl sites for hydroxylation is 1. The quantitative estimate of drug-likeness (QED) is 0.629. The summed E-state index contributed by atoms with van der Waals surface area (Å²) in [6.45, 7) is 2.26. The Morgan fingerprint density at radius 2 is 1.81 bits per heavy atom. The van der Waals surface area contributed by atoms with Gasteiger partial charge in [0.1, 0.15) is 6.61 Å². The summed E-state index contributed by atoms with van der Waals surface area (Å²) in [6, 6.07) is 15.2. The van der Waals surface area contributed by atoms with Gasteiger partial charge >= 0.3 is 5.88 Å². The fraction of sp³-hybridized carbons (Fsp3) is 0.154. The van der Waals surface area contributed by atoms with Gasteiger partial charge in [0.25, 0.3) is 0 Å². The minimum absolute atomic E-state index is 0.448. The smallest absolute Gasteiger partial charge is 0.417 e. The highest BCUT2D eigenvalue weighted by atomic mass is 16.5. The van der Waals surface area contributed by atoms with Crippen LogP contribution in [0.5, 0.6) is 5.88 Å². The molecular formula is C13H14NO2+. The number of hydrogen-bond donors (Lipinski definition) is 1. The van der Waals surface area contributed by atoms with Crippen LogP contribution in [0.3, 0.4) is 0 Å². The lowest BCUT2D eigenvalue weighted by Gasteiger charge is -2.02. The molecule has 0 bridgehead atoms. The molecule has 2 rings (SSSR count). The summed E-state index contributed by atoms with van der Waals surface area (Å²) in [4.78, 5) is 0. The molecule has 2 aromatic rings. The van der Waals surface area contributed by atoms with Crippen molar-refractivity contribution in [3.05, 3.63) is 59.8 Å². The lowest BCUT2D eigenvalue weighted by Crippen LogP contribution is -2.35. The highest BCUT2D eigenvalue weighted by molar-refractivity contribution is 5.14.